The van der Waals surface area contributed by atoms with Crippen LogP contribution in [0.3, 0.4) is 0 Å². The van der Waals surface area contributed by atoms with Crippen LogP contribution in [0.4, 0.5) is 11.4 Å². The van der Waals surface area contributed by atoms with Gasteiger partial charge in [0.05, 0.1) is 37.8 Å². The van der Waals surface area contributed by atoms with E-state index in [-0.39, 0.29) is 5.91 Å². The number of anilines is 2. The minimum absolute atomic E-state index is 0.220. The third-order valence-corrected chi connectivity index (χ3v) is 4.80. The molecule has 2 aromatic rings. The van der Waals surface area contributed by atoms with Crippen molar-refractivity contribution in [3.05, 3.63) is 47.0 Å². The standard InChI is InChI=1S/C20H21ClN2O4/c21-15-3-4-17(23-6-10-25-11-7-23)16(13-15)22-20(24)14-2-5-18-19(12-14)27-9-1-8-26-18/h2-5,12-13H,1,6-11H2,(H,22,24). The van der Waals surface area contributed by atoms with Crippen LogP contribution < -0.4 is 19.7 Å². The fraction of sp³-hybridized carbons (Fsp3) is 0.350. The number of carbonyl (C=O) groups is 1. The zero-order valence-corrected chi connectivity index (χ0v) is 15.6. The smallest absolute Gasteiger partial charge is 0.255 e. The summed E-state index contributed by atoms with van der Waals surface area (Å²) in [5.74, 6) is 1.04. The van der Waals surface area contributed by atoms with Crippen molar-refractivity contribution in [3.8, 4) is 11.5 Å². The maximum Gasteiger partial charge on any atom is 0.255 e. The highest BCUT2D eigenvalue weighted by Gasteiger charge is 2.19. The van der Waals surface area contributed by atoms with Crippen molar-refractivity contribution in [1.29, 1.82) is 0 Å². The molecule has 1 saturated heterocycles. The molecule has 0 aromatic heterocycles. The number of ether oxygens (including phenoxy) is 3. The molecule has 2 aliphatic heterocycles. The van der Waals surface area contributed by atoms with Crippen molar-refractivity contribution < 1.29 is 19.0 Å². The van der Waals surface area contributed by atoms with Crippen molar-refractivity contribution in [2.45, 2.75) is 6.42 Å². The van der Waals surface area contributed by atoms with Crippen LogP contribution in [0.1, 0.15) is 16.8 Å². The van der Waals surface area contributed by atoms with Crippen molar-refractivity contribution in [2.75, 3.05) is 49.7 Å². The summed E-state index contributed by atoms with van der Waals surface area (Å²) in [6, 6.07) is 10.8. The predicted molar refractivity (Wildman–Crippen MR) is 104 cm³/mol. The van der Waals surface area contributed by atoms with Gasteiger partial charge in [-0.25, -0.2) is 0 Å². The highest BCUT2D eigenvalue weighted by molar-refractivity contribution is 6.31. The van der Waals surface area contributed by atoms with Crippen molar-refractivity contribution in [1.82, 2.24) is 0 Å². The first-order valence-electron chi connectivity index (χ1n) is 9.04. The summed E-state index contributed by atoms with van der Waals surface area (Å²) in [5, 5.41) is 3.56. The van der Waals surface area contributed by atoms with E-state index in [9.17, 15) is 4.79 Å². The lowest BCUT2D eigenvalue weighted by atomic mass is 10.1. The van der Waals surface area contributed by atoms with E-state index in [1.807, 2.05) is 12.1 Å². The zero-order chi connectivity index (χ0) is 18.6. The first-order chi connectivity index (χ1) is 13.2. The molecule has 0 unspecified atom stereocenters. The summed E-state index contributed by atoms with van der Waals surface area (Å²) in [6.45, 7) is 4.07. The molecule has 142 valence electrons. The number of fused-ring (bicyclic) bond motifs is 1. The monoisotopic (exact) mass is 388 g/mol. The molecule has 0 aliphatic carbocycles. The van der Waals surface area contributed by atoms with Gasteiger partial charge in [-0.15, -0.1) is 0 Å². The molecular formula is C20H21ClN2O4. The van der Waals surface area contributed by atoms with Crippen molar-refractivity contribution in [3.63, 3.8) is 0 Å². The van der Waals surface area contributed by atoms with Crippen LogP contribution in [-0.2, 0) is 4.74 Å². The van der Waals surface area contributed by atoms with Gasteiger partial charge in [0.25, 0.3) is 5.91 Å². The number of morpholine rings is 1. The van der Waals surface area contributed by atoms with Gasteiger partial charge in [-0.2, -0.15) is 0 Å². The first-order valence-corrected chi connectivity index (χ1v) is 9.42. The van der Waals surface area contributed by atoms with Crippen LogP contribution in [0.2, 0.25) is 5.02 Å². The van der Waals surface area contributed by atoms with E-state index in [1.165, 1.54) is 0 Å². The number of rotatable bonds is 3. The van der Waals surface area contributed by atoms with Crippen LogP contribution in [0.5, 0.6) is 11.5 Å². The van der Waals surface area contributed by atoms with E-state index in [0.29, 0.717) is 54.2 Å². The quantitative estimate of drug-likeness (QED) is 0.870. The van der Waals surface area contributed by atoms with Gasteiger partial charge in [-0.05, 0) is 36.4 Å². The van der Waals surface area contributed by atoms with Gasteiger partial charge >= 0.3 is 0 Å². The second-order valence-corrected chi connectivity index (χ2v) is 6.86. The first kappa shape index (κ1) is 17.9. The maximum atomic E-state index is 12.8. The van der Waals surface area contributed by atoms with E-state index < -0.39 is 0 Å². The molecule has 1 amide bonds. The number of carbonyl (C=O) groups excluding carboxylic acids is 1. The normalized spacial score (nSPS) is 16.6. The Labute approximate surface area is 163 Å². The van der Waals surface area contributed by atoms with Gasteiger partial charge in [0, 0.05) is 30.1 Å². The van der Waals surface area contributed by atoms with E-state index in [0.717, 1.165) is 25.2 Å². The second-order valence-electron chi connectivity index (χ2n) is 6.43. The average Bonchev–Trinajstić information content (AvgIpc) is 2.93. The van der Waals surface area contributed by atoms with Gasteiger partial charge in [0.2, 0.25) is 0 Å². The molecule has 1 fully saturated rings. The summed E-state index contributed by atoms with van der Waals surface area (Å²) >= 11 is 6.17. The number of benzene rings is 2. The summed E-state index contributed by atoms with van der Waals surface area (Å²) < 4.78 is 16.7. The number of hydrogen-bond acceptors (Lipinski definition) is 5. The zero-order valence-electron chi connectivity index (χ0n) is 14.9. The number of halogens is 1. The highest BCUT2D eigenvalue weighted by Crippen LogP contribution is 2.33. The SMILES string of the molecule is O=C(Nc1cc(Cl)ccc1N1CCOCC1)c1ccc2c(c1)OCCCO2. The third kappa shape index (κ3) is 4.12. The molecule has 0 bridgehead atoms. The average molecular weight is 389 g/mol. The summed E-state index contributed by atoms with van der Waals surface area (Å²) in [6.07, 6.45) is 0.821. The molecule has 2 aliphatic rings. The van der Waals surface area contributed by atoms with Gasteiger partial charge in [0.15, 0.2) is 11.5 Å². The van der Waals surface area contributed by atoms with Crippen molar-refractivity contribution in [2.24, 2.45) is 0 Å². The Morgan fingerprint density at radius 2 is 1.74 bits per heavy atom. The van der Waals surface area contributed by atoms with Crippen LogP contribution in [0.25, 0.3) is 0 Å². The van der Waals surface area contributed by atoms with Gasteiger partial charge in [-0.1, -0.05) is 11.6 Å². The minimum atomic E-state index is -0.220. The molecule has 27 heavy (non-hydrogen) atoms. The van der Waals surface area contributed by atoms with E-state index >= 15 is 0 Å². The molecule has 0 saturated carbocycles. The predicted octanol–water partition coefficient (Wildman–Crippen LogP) is 3.59. The molecule has 2 heterocycles. The topological polar surface area (TPSA) is 60.0 Å². The van der Waals surface area contributed by atoms with Crippen LogP contribution in [0, 0.1) is 0 Å². The number of hydrogen-bond donors (Lipinski definition) is 1. The van der Waals surface area contributed by atoms with Crippen LogP contribution in [0.15, 0.2) is 36.4 Å². The Hall–Kier alpha value is -2.44. The van der Waals surface area contributed by atoms with Gasteiger partial charge in [-0.3, -0.25) is 4.79 Å². The molecule has 7 heteroatoms. The fourth-order valence-corrected chi connectivity index (χ4v) is 3.36. The molecule has 2 aromatic carbocycles. The molecule has 6 nitrogen and oxygen atoms in total. The van der Waals surface area contributed by atoms with E-state index in [4.69, 9.17) is 25.8 Å². The summed E-state index contributed by atoms with van der Waals surface area (Å²) in [4.78, 5) is 15.0. The van der Waals surface area contributed by atoms with E-state index in [2.05, 4.69) is 10.2 Å². The Morgan fingerprint density at radius 1 is 0.963 bits per heavy atom. The molecule has 0 atom stereocenters. The fourth-order valence-electron chi connectivity index (χ4n) is 3.19. The van der Waals surface area contributed by atoms with Crippen LogP contribution in [-0.4, -0.2) is 45.4 Å². The number of amides is 1. The Balaban J connectivity index is 1.57. The van der Waals surface area contributed by atoms with Gasteiger partial charge < -0.3 is 24.4 Å². The highest BCUT2D eigenvalue weighted by atomic mass is 35.5. The lowest BCUT2D eigenvalue weighted by Gasteiger charge is -2.30. The summed E-state index contributed by atoms with van der Waals surface area (Å²) in [7, 11) is 0. The Bertz CT molecular complexity index is 837. The largest absolute Gasteiger partial charge is 0.490 e. The molecule has 0 radical (unpaired) electrons. The maximum absolute atomic E-state index is 12.8. The lowest BCUT2D eigenvalue weighted by molar-refractivity contribution is 0.102. The number of nitrogens with one attached hydrogen (secondary N) is 1. The minimum Gasteiger partial charge on any atom is -0.490 e. The van der Waals surface area contributed by atoms with Gasteiger partial charge in [0.1, 0.15) is 0 Å². The number of nitrogens with zero attached hydrogens (tertiary/aromatic N) is 1. The van der Waals surface area contributed by atoms with Crippen molar-refractivity contribution >= 4 is 28.9 Å². The second kappa shape index (κ2) is 8.06. The van der Waals surface area contributed by atoms with E-state index in [1.54, 1.807) is 24.3 Å². The molecular weight excluding hydrogens is 368 g/mol. The van der Waals surface area contributed by atoms with Crippen LogP contribution >= 0.6 is 11.6 Å². The Kier molecular flexibility index (Phi) is 5.36. The Morgan fingerprint density at radius 3 is 2.56 bits per heavy atom. The molecule has 4 rings (SSSR count). The lowest BCUT2D eigenvalue weighted by Crippen LogP contribution is -2.36. The molecule has 1 N–H and O–H groups in total. The third-order valence-electron chi connectivity index (χ3n) is 4.57. The molecule has 0 spiro atoms. The summed E-state index contributed by atoms with van der Waals surface area (Å²) in [5.41, 5.74) is 2.12.